The molecule has 2 N–H and O–H groups in total. The maximum absolute atomic E-state index is 5.94. The van der Waals surface area contributed by atoms with Gasteiger partial charge in [0, 0.05) is 38.1 Å². The molecule has 0 bridgehead atoms. The van der Waals surface area contributed by atoms with Gasteiger partial charge in [0.2, 0.25) is 0 Å². The molecule has 0 aliphatic rings. The summed E-state index contributed by atoms with van der Waals surface area (Å²) in [6.07, 6.45) is 0. The van der Waals surface area contributed by atoms with Crippen molar-refractivity contribution in [3.8, 4) is 0 Å². The molecule has 1 aromatic heterocycles. The molecule has 1 heterocycles. The van der Waals surface area contributed by atoms with E-state index in [2.05, 4.69) is 9.88 Å². The van der Waals surface area contributed by atoms with Crippen molar-refractivity contribution in [1.29, 1.82) is 0 Å². The first-order chi connectivity index (χ1) is 9.17. The molecule has 1 aromatic rings. The van der Waals surface area contributed by atoms with E-state index in [1.807, 2.05) is 19.9 Å². The molecular weight excluding hydrogens is 266 g/mol. The smallest absolute Gasteiger partial charge is 0.133 e. The van der Waals surface area contributed by atoms with Crippen molar-refractivity contribution < 1.29 is 9.47 Å². The summed E-state index contributed by atoms with van der Waals surface area (Å²) < 4.78 is 10.8. The number of pyridine rings is 1. The van der Waals surface area contributed by atoms with E-state index < -0.39 is 0 Å². The predicted octanol–water partition coefficient (Wildman–Crippen LogP) is 2.20. The molecule has 0 amide bonds. The molecule has 0 saturated carbocycles. The minimum atomic E-state index is 0.396. The average Bonchev–Trinajstić information content (AvgIpc) is 2.36. The molecular formula is C13H22ClN3O2. The molecule has 0 aliphatic heterocycles. The lowest BCUT2D eigenvalue weighted by molar-refractivity contribution is 0.141. The lowest BCUT2D eigenvalue weighted by Crippen LogP contribution is -2.32. The predicted molar refractivity (Wildman–Crippen MR) is 78.9 cm³/mol. The average molecular weight is 288 g/mol. The van der Waals surface area contributed by atoms with E-state index in [-0.39, 0.29) is 0 Å². The van der Waals surface area contributed by atoms with E-state index in [0.29, 0.717) is 37.3 Å². The van der Waals surface area contributed by atoms with Gasteiger partial charge in [-0.15, -0.1) is 0 Å². The summed E-state index contributed by atoms with van der Waals surface area (Å²) in [6, 6.07) is 3.44. The van der Waals surface area contributed by atoms with Gasteiger partial charge in [-0.25, -0.2) is 4.98 Å². The molecule has 0 aromatic carbocycles. The normalized spacial score (nSPS) is 10.7. The van der Waals surface area contributed by atoms with E-state index in [0.717, 1.165) is 18.9 Å². The highest BCUT2D eigenvalue weighted by Crippen LogP contribution is 2.19. The number of aromatic nitrogens is 1. The van der Waals surface area contributed by atoms with Crippen LogP contribution in [0, 0.1) is 0 Å². The third-order valence-corrected chi connectivity index (χ3v) is 2.74. The second-order valence-corrected chi connectivity index (χ2v) is 4.35. The van der Waals surface area contributed by atoms with Gasteiger partial charge in [-0.05, 0) is 19.9 Å². The number of hydrogen-bond donors (Lipinski definition) is 1. The number of halogens is 1. The van der Waals surface area contributed by atoms with E-state index in [4.69, 9.17) is 26.8 Å². The third kappa shape index (κ3) is 6.09. The zero-order chi connectivity index (χ0) is 14.1. The fraction of sp³-hybridized carbons (Fsp3) is 0.615. The molecule has 6 heteroatoms. The largest absolute Gasteiger partial charge is 0.399 e. The fourth-order valence-electron chi connectivity index (χ4n) is 1.64. The summed E-state index contributed by atoms with van der Waals surface area (Å²) in [5.41, 5.74) is 6.40. The summed E-state index contributed by atoms with van der Waals surface area (Å²) >= 11 is 5.94. The SMILES string of the molecule is CCOCCN(CCOCC)c1cc(N)cc(Cl)n1. The van der Waals surface area contributed by atoms with Crippen molar-refractivity contribution in [2.24, 2.45) is 0 Å². The van der Waals surface area contributed by atoms with Crippen LogP contribution in [-0.2, 0) is 9.47 Å². The van der Waals surface area contributed by atoms with Crippen LogP contribution in [0.25, 0.3) is 0 Å². The van der Waals surface area contributed by atoms with Gasteiger partial charge in [-0.3, -0.25) is 0 Å². The van der Waals surface area contributed by atoms with Gasteiger partial charge in [-0.1, -0.05) is 11.6 Å². The van der Waals surface area contributed by atoms with Gasteiger partial charge in [-0.2, -0.15) is 0 Å². The summed E-state index contributed by atoms with van der Waals surface area (Å²) in [7, 11) is 0. The van der Waals surface area contributed by atoms with Gasteiger partial charge in [0.25, 0.3) is 0 Å². The molecule has 0 saturated heterocycles. The minimum Gasteiger partial charge on any atom is -0.399 e. The maximum atomic E-state index is 5.94. The van der Waals surface area contributed by atoms with Crippen LogP contribution < -0.4 is 10.6 Å². The summed E-state index contributed by atoms with van der Waals surface area (Å²) in [4.78, 5) is 6.36. The highest BCUT2D eigenvalue weighted by atomic mass is 35.5. The third-order valence-electron chi connectivity index (χ3n) is 2.55. The van der Waals surface area contributed by atoms with Crippen LogP contribution in [0.1, 0.15) is 13.8 Å². The Morgan fingerprint density at radius 2 is 1.74 bits per heavy atom. The van der Waals surface area contributed by atoms with E-state index >= 15 is 0 Å². The molecule has 5 nitrogen and oxygen atoms in total. The highest BCUT2D eigenvalue weighted by Gasteiger charge is 2.09. The van der Waals surface area contributed by atoms with Gasteiger partial charge in [0.1, 0.15) is 11.0 Å². The molecule has 1 rings (SSSR count). The van der Waals surface area contributed by atoms with Crippen LogP contribution in [0.5, 0.6) is 0 Å². The number of nitrogens with zero attached hydrogens (tertiary/aromatic N) is 2. The Morgan fingerprint density at radius 1 is 1.16 bits per heavy atom. The van der Waals surface area contributed by atoms with E-state index in [9.17, 15) is 0 Å². The second-order valence-electron chi connectivity index (χ2n) is 3.96. The Kier molecular flexibility index (Phi) is 7.55. The van der Waals surface area contributed by atoms with Crippen molar-refractivity contribution in [3.05, 3.63) is 17.3 Å². The van der Waals surface area contributed by atoms with Crippen molar-refractivity contribution in [2.45, 2.75) is 13.8 Å². The summed E-state index contributed by atoms with van der Waals surface area (Å²) in [6.45, 7) is 8.07. The van der Waals surface area contributed by atoms with E-state index in [1.165, 1.54) is 0 Å². The second kappa shape index (κ2) is 8.96. The van der Waals surface area contributed by atoms with Gasteiger partial charge >= 0.3 is 0 Å². The van der Waals surface area contributed by atoms with Crippen LogP contribution in [0.4, 0.5) is 11.5 Å². The van der Waals surface area contributed by atoms with Crippen LogP contribution in [0.2, 0.25) is 5.15 Å². The van der Waals surface area contributed by atoms with Crippen LogP contribution in [0.3, 0.4) is 0 Å². The van der Waals surface area contributed by atoms with Crippen molar-refractivity contribution in [2.75, 3.05) is 50.2 Å². The molecule has 0 spiro atoms. The minimum absolute atomic E-state index is 0.396. The van der Waals surface area contributed by atoms with Crippen LogP contribution >= 0.6 is 11.6 Å². The Hall–Kier alpha value is -1.04. The Balaban J connectivity index is 2.69. The van der Waals surface area contributed by atoms with Crippen LogP contribution in [-0.4, -0.2) is 44.5 Å². The Morgan fingerprint density at radius 3 is 2.21 bits per heavy atom. The number of ether oxygens (including phenoxy) is 2. The van der Waals surface area contributed by atoms with Crippen molar-refractivity contribution >= 4 is 23.1 Å². The van der Waals surface area contributed by atoms with Crippen molar-refractivity contribution in [3.63, 3.8) is 0 Å². The first-order valence-electron chi connectivity index (χ1n) is 6.50. The molecule has 0 radical (unpaired) electrons. The standard InChI is InChI=1S/C13H22ClN3O2/c1-3-18-7-5-17(6-8-19-4-2)13-10-11(15)9-12(14)16-13/h9-10H,3-8H2,1-2H3,(H2,15,16). The molecule has 0 fully saturated rings. The molecule has 19 heavy (non-hydrogen) atoms. The quantitative estimate of drug-likeness (QED) is 0.557. The molecule has 0 aliphatic carbocycles. The van der Waals surface area contributed by atoms with Crippen LogP contribution in [0.15, 0.2) is 12.1 Å². The number of hydrogen-bond acceptors (Lipinski definition) is 5. The molecule has 0 atom stereocenters. The lowest BCUT2D eigenvalue weighted by Gasteiger charge is -2.24. The van der Waals surface area contributed by atoms with E-state index in [1.54, 1.807) is 6.07 Å². The first-order valence-corrected chi connectivity index (χ1v) is 6.88. The first kappa shape index (κ1) is 16.0. The molecule has 108 valence electrons. The van der Waals surface area contributed by atoms with Gasteiger partial charge in [0.15, 0.2) is 0 Å². The van der Waals surface area contributed by atoms with Gasteiger partial charge in [0.05, 0.1) is 13.2 Å². The number of nitrogens with two attached hydrogens (primary N) is 1. The molecule has 0 unspecified atom stereocenters. The Labute approximate surface area is 119 Å². The van der Waals surface area contributed by atoms with Crippen molar-refractivity contribution in [1.82, 2.24) is 4.98 Å². The number of anilines is 2. The monoisotopic (exact) mass is 287 g/mol. The number of rotatable bonds is 9. The topological polar surface area (TPSA) is 60.6 Å². The summed E-state index contributed by atoms with van der Waals surface area (Å²) in [5.74, 6) is 0.754. The Bertz CT molecular complexity index is 347. The zero-order valence-electron chi connectivity index (χ0n) is 11.6. The fourth-order valence-corrected chi connectivity index (χ4v) is 1.86. The van der Waals surface area contributed by atoms with Gasteiger partial charge < -0.3 is 20.1 Å². The maximum Gasteiger partial charge on any atom is 0.133 e. The highest BCUT2D eigenvalue weighted by molar-refractivity contribution is 6.29. The number of nitrogen functional groups attached to an aromatic ring is 1. The summed E-state index contributed by atoms with van der Waals surface area (Å²) in [5, 5.41) is 0.396. The lowest BCUT2D eigenvalue weighted by atomic mass is 10.3. The zero-order valence-corrected chi connectivity index (χ0v) is 12.3.